The normalized spacial score (nSPS) is 15.5. The standard InChI is InChI=1S/C57H47N/c1-55(2)48-21-10-7-15-42(48)45-34-29-38(35-51(45)55)36-25-30-39(31-26-36)58(52-24-14-20-47-44-17-9-12-23-50(44)57(5,6)54(47)52)40-32-27-37(28-33-40)41-18-13-19-46-43-16-8-11-22-49(43)56(3,4)53(41)46/h7-35H,1-6H3. The molecule has 3 aliphatic carbocycles. The Morgan fingerprint density at radius 1 is 0.293 bits per heavy atom. The molecule has 0 amide bonds. The summed E-state index contributed by atoms with van der Waals surface area (Å²) in [7, 11) is 0. The molecular formula is C57H47N. The molecule has 0 aliphatic heterocycles. The number of anilines is 3. The zero-order valence-corrected chi connectivity index (χ0v) is 34.2. The van der Waals surface area contributed by atoms with Crippen LogP contribution in [0.4, 0.5) is 17.1 Å². The molecule has 0 heterocycles. The predicted octanol–water partition coefficient (Wildman–Crippen LogP) is 15.4. The second-order valence-electron chi connectivity index (χ2n) is 18.1. The topological polar surface area (TPSA) is 3.24 Å². The number of fused-ring (bicyclic) bond motifs is 9. The van der Waals surface area contributed by atoms with Crippen LogP contribution in [0.25, 0.3) is 55.6 Å². The number of hydrogen-bond acceptors (Lipinski definition) is 1. The molecule has 280 valence electrons. The first-order chi connectivity index (χ1) is 28.0. The second kappa shape index (κ2) is 12.3. The largest absolute Gasteiger partial charge is 0.310 e. The molecule has 0 unspecified atom stereocenters. The summed E-state index contributed by atoms with van der Waals surface area (Å²) in [6.45, 7) is 14.2. The van der Waals surface area contributed by atoms with E-state index in [-0.39, 0.29) is 16.2 Å². The summed E-state index contributed by atoms with van der Waals surface area (Å²) in [4.78, 5) is 2.48. The third-order valence-corrected chi connectivity index (χ3v) is 13.9. The van der Waals surface area contributed by atoms with E-state index >= 15 is 0 Å². The van der Waals surface area contributed by atoms with E-state index in [9.17, 15) is 0 Å². The Kier molecular flexibility index (Phi) is 7.36. The maximum absolute atomic E-state index is 2.48. The number of nitrogens with zero attached hydrogens (tertiary/aromatic N) is 1. The van der Waals surface area contributed by atoms with Crippen molar-refractivity contribution < 1.29 is 0 Å². The van der Waals surface area contributed by atoms with Crippen molar-refractivity contribution in [2.24, 2.45) is 0 Å². The van der Waals surface area contributed by atoms with Gasteiger partial charge in [-0.2, -0.15) is 0 Å². The number of rotatable bonds is 5. The van der Waals surface area contributed by atoms with E-state index in [0.29, 0.717) is 0 Å². The van der Waals surface area contributed by atoms with Gasteiger partial charge in [-0.05, 0) is 125 Å². The Bertz CT molecular complexity index is 2960. The minimum absolute atomic E-state index is 0.0392. The Labute approximate surface area is 343 Å². The first kappa shape index (κ1) is 34.8. The Hall–Kier alpha value is -6.44. The van der Waals surface area contributed by atoms with Crippen LogP contribution in [-0.4, -0.2) is 0 Å². The summed E-state index contributed by atoms with van der Waals surface area (Å²) in [5.41, 5.74) is 24.7. The molecule has 0 bridgehead atoms. The minimum Gasteiger partial charge on any atom is -0.310 e. The highest BCUT2D eigenvalue weighted by atomic mass is 15.1. The second-order valence-corrected chi connectivity index (χ2v) is 18.1. The molecule has 0 aromatic heterocycles. The molecule has 8 aromatic rings. The molecule has 3 aliphatic rings. The number of benzene rings is 8. The van der Waals surface area contributed by atoms with E-state index in [1.54, 1.807) is 0 Å². The van der Waals surface area contributed by atoms with Crippen LogP contribution >= 0.6 is 0 Å². The van der Waals surface area contributed by atoms with Gasteiger partial charge in [-0.25, -0.2) is 0 Å². The van der Waals surface area contributed by atoms with Crippen LogP contribution in [0.5, 0.6) is 0 Å². The fourth-order valence-corrected chi connectivity index (χ4v) is 11.0. The Morgan fingerprint density at radius 3 is 1.31 bits per heavy atom. The zero-order valence-electron chi connectivity index (χ0n) is 34.2. The van der Waals surface area contributed by atoms with Gasteiger partial charge in [0.2, 0.25) is 0 Å². The third kappa shape index (κ3) is 4.83. The van der Waals surface area contributed by atoms with Gasteiger partial charge in [0.05, 0.1) is 5.69 Å². The smallest absolute Gasteiger partial charge is 0.0508 e. The monoisotopic (exact) mass is 745 g/mol. The summed E-state index contributed by atoms with van der Waals surface area (Å²) < 4.78 is 0. The lowest BCUT2D eigenvalue weighted by Crippen LogP contribution is -2.20. The predicted molar refractivity (Wildman–Crippen MR) is 245 cm³/mol. The molecule has 0 saturated heterocycles. The Morgan fingerprint density at radius 2 is 0.707 bits per heavy atom. The van der Waals surface area contributed by atoms with Crippen LogP contribution in [0.1, 0.15) is 74.9 Å². The van der Waals surface area contributed by atoms with E-state index < -0.39 is 0 Å². The third-order valence-electron chi connectivity index (χ3n) is 13.9. The van der Waals surface area contributed by atoms with Crippen molar-refractivity contribution in [3.05, 3.63) is 209 Å². The zero-order chi connectivity index (χ0) is 39.6. The first-order valence-electron chi connectivity index (χ1n) is 20.8. The summed E-state index contributed by atoms with van der Waals surface area (Å²) in [5, 5.41) is 0. The van der Waals surface area contributed by atoms with Gasteiger partial charge in [0.1, 0.15) is 0 Å². The molecule has 0 saturated carbocycles. The van der Waals surface area contributed by atoms with Gasteiger partial charge in [-0.3, -0.25) is 0 Å². The van der Waals surface area contributed by atoms with Crippen molar-refractivity contribution >= 4 is 17.1 Å². The van der Waals surface area contributed by atoms with Gasteiger partial charge in [0.25, 0.3) is 0 Å². The van der Waals surface area contributed by atoms with Crippen LogP contribution in [0, 0.1) is 0 Å². The van der Waals surface area contributed by atoms with Gasteiger partial charge in [-0.15, -0.1) is 0 Å². The molecular weight excluding hydrogens is 699 g/mol. The van der Waals surface area contributed by atoms with Crippen molar-refractivity contribution in [2.45, 2.75) is 57.8 Å². The van der Waals surface area contributed by atoms with Crippen LogP contribution < -0.4 is 4.90 Å². The van der Waals surface area contributed by atoms with Crippen molar-refractivity contribution in [1.82, 2.24) is 0 Å². The summed E-state index contributed by atoms with van der Waals surface area (Å²) >= 11 is 0. The van der Waals surface area contributed by atoms with Crippen molar-refractivity contribution in [1.29, 1.82) is 0 Å². The SMILES string of the molecule is CC1(C)c2ccccc2-c2ccc(-c3ccc(N(c4ccc(-c5cccc6c5C(C)(C)c5ccccc5-6)cc4)c4cccc5c4C(C)(C)c4ccccc4-5)cc3)cc21. The van der Waals surface area contributed by atoms with E-state index in [4.69, 9.17) is 0 Å². The van der Waals surface area contributed by atoms with E-state index in [2.05, 4.69) is 222 Å². The summed E-state index contributed by atoms with van der Waals surface area (Å²) in [6.07, 6.45) is 0. The highest BCUT2D eigenvalue weighted by Crippen LogP contribution is 2.56. The average molecular weight is 746 g/mol. The lowest BCUT2D eigenvalue weighted by atomic mass is 9.79. The summed E-state index contributed by atoms with van der Waals surface area (Å²) in [6, 6.07) is 66.0. The van der Waals surface area contributed by atoms with Crippen molar-refractivity contribution in [3.63, 3.8) is 0 Å². The van der Waals surface area contributed by atoms with Crippen LogP contribution in [-0.2, 0) is 16.2 Å². The molecule has 8 aromatic carbocycles. The highest BCUT2D eigenvalue weighted by Gasteiger charge is 2.40. The fourth-order valence-electron chi connectivity index (χ4n) is 11.0. The molecule has 1 nitrogen and oxygen atoms in total. The molecule has 0 atom stereocenters. The van der Waals surface area contributed by atoms with Crippen LogP contribution in [0.15, 0.2) is 176 Å². The van der Waals surface area contributed by atoms with Crippen LogP contribution in [0.3, 0.4) is 0 Å². The van der Waals surface area contributed by atoms with Crippen molar-refractivity contribution in [2.75, 3.05) is 4.90 Å². The number of hydrogen-bond donors (Lipinski definition) is 0. The molecule has 1 heteroatoms. The van der Waals surface area contributed by atoms with E-state index in [1.807, 2.05) is 0 Å². The van der Waals surface area contributed by atoms with Gasteiger partial charge >= 0.3 is 0 Å². The maximum Gasteiger partial charge on any atom is 0.0508 e. The molecule has 0 spiro atoms. The molecule has 0 N–H and O–H groups in total. The minimum atomic E-state index is -0.166. The van der Waals surface area contributed by atoms with Gasteiger partial charge in [0.15, 0.2) is 0 Å². The van der Waals surface area contributed by atoms with E-state index in [1.165, 1.54) is 94.7 Å². The van der Waals surface area contributed by atoms with Crippen LogP contribution in [0.2, 0.25) is 0 Å². The van der Waals surface area contributed by atoms with E-state index in [0.717, 1.165) is 11.4 Å². The fraction of sp³-hybridized carbons (Fsp3) is 0.158. The Balaban J connectivity index is 1.03. The van der Waals surface area contributed by atoms with Gasteiger partial charge < -0.3 is 4.90 Å². The quantitative estimate of drug-likeness (QED) is 0.170. The lowest BCUT2D eigenvalue weighted by molar-refractivity contribution is 0.660. The average Bonchev–Trinajstić information content (AvgIpc) is 3.74. The van der Waals surface area contributed by atoms with Crippen molar-refractivity contribution in [3.8, 4) is 55.6 Å². The molecule has 11 rings (SSSR count). The molecule has 0 fully saturated rings. The summed E-state index contributed by atoms with van der Waals surface area (Å²) in [5.74, 6) is 0. The first-order valence-corrected chi connectivity index (χ1v) is 20.8. The van der Waals surface area contributed by atoms with Gasteiger partial charge in [0, 0.05) is 27.6 Å². The molecule has 58 heavy (non-hydrogen) atoms. The maximum atomic E-state index is 2.48. The van der Waals surface area contributed by atoms with Gasteiger partial charge in [-0.1, -0.05) is 181 Å². The molecule has 0 radical (unpaired) electrons. The highest BCUT2D eigenvalue weighted by molar-refractivity contribution is 5.93. The lowest BCUT2D eigenvalue weighted by Gasteiger charge is -2.32.